The minimum atomic E-state index is 0.424. The largest absolute Gasteiger partial charge is 0.298 e. The van der Waals surface area contributed by atoms with E-state index in [1.807, 2.05) is 12.4 Å². The summed E-state index contributed by atoms with van der Waals surface area (Å²) in [7, 11) is 0. The molecule has 0 spiro atoms. The highest BCUT2D eigenvalue weighted by atomic mass is 15.0. The Labute approximate surface area is 193 Å². The maximum Gasteiger partial charge on any atom is 0.145 e. The van der Waals surface area contributed by atoms with Crippen molar-refractivity contribution in [2.75, 3.05) is 0 Å². The van der Waals surface area contributed by atoms with Crippen molar-refractivity contribution in [3.63, 3.8) is 0 Å². The number of nitrogens with zero attached hydrogens (tertiary/aromatic N) is 3. The maximum absolute atomic E-state index is 5.28. The van der Waals surface area contributed by atoms with Gasteiger partial charge in [-0.3, -0.25) is 9.38 Å². The zero-order chi connectivity index (χ0) is 22.7. The van der Waals surface area contributed by atoms with Gasteiger partial charge in [0.15, 0.2) is 0 Å². The molecule has 0 radical (unpaired) electrons. The van der Waals surface area contributed by atoms with Crippen LogP contribution in [-0.4, -0.2) is 14.4 Å². The molecule has 3 aromatic heterocycles. The van der Waals surface area contributed by atoms with Crippen molar-refractivity contribution in [3.8, 4) is 11.3 Å². The molecule has 0 aliphatic carbocycles. The van der Waals surface area contributed by atoms with E-state index in [2.05, 4.69) is 104 Å². The lowest BCUT2D eigenvalue weighted by atomic mass is 9.87. The van der Waals surface area contributed by atoms with Crippen molar-refractivity contribution in [2.45, 2.75) is 39.5 Å². The average molecular weight is 430 g/mol. The molecule has 0 N–H and O–H groups in total. The highest BCUT2D eigenvalue weighted by Gasteiger charge is 2.20. The summed E-state index contributed by atoms with van der Waals surface area (Å²) in [5, 5.41) is 5.97. The van der Waals surface area contributed by atoms with Gasteiger partial charge in [-0.05, 0) is 51.9 Å². The Kier molecular flexibility index (Phi) is 4.48. The summed E-state index contributed by atoms with van der Waals surface area (Å²) in [5.41, 5.74) is 7.23. The normalized spacial score (nSPS) is 12.2. The van der Waals surface area contributed by atoms with Crippen LogP contribution < -0.4 is 0 Å². The summed E-state index contributed by atoms with van der Waals surface area (Å²) in [6.07, 6.45) is 6.05. The van der Waals surface area contributed by atoms with Gasteiger partial charge in [-0.2, -0.15) is 0 Å². The Balaban J connectivity index is 1.78. The monoisotopic (exact) mass is 429 g/mol. The second-order valence-electron chi connectivity index (χ2n) is 9.58. The molecule has 162 valence electrons. The molecule has 0 aliphatic rings. The summed E-state index contributed by atoms with van der Waals surface area (Å²) < 4.78 is 2.29. The summed E-state index contributed by atoms with van der Waals surface area (Å²) in [4.78, 5) is 9.62. The molecule has 0 fully saturated rings. The van der Waals surface area contributed by atoms with Gasteiger partial charge in [0.25, 0.3) is 0 Å². The van der Waals surface area contributed by atoms with Gasteiger partial charge in [-0.25, -0.2) is 4.98 Å². The van der Waals surface area contributed by atoms with E-state index in [1.54, 1.807) is 0 Å². The van der Waals surface area contributed by atoms with Crippen LogP contribution in [0.15, 0.2) is 79.3 Å². The lowest BCUT2D eigenvalue weighted by Gasteiger charge is -2.18. The van der Waals surface area contributed by atoms with Crippen molar-refractivity contribution in [3.05, 3.63) is 90.4 Å². The minimum Gasteiger partial charge on any atom is -0.298 e. The third-order valence-corrected chi connectivity index (χ3v) is 6.81. The van der Waals surface area contributed by atoms with E-state index >= 15 is 0 Å². The first-order chi connectivity index (χ1) is 16.0. The van der Waals surface area contributed by atoms with Crippen LogP contribution in [0, 0.1) is 0 Å². The van der Waals surface area contributed by atoms with Gasteiger partial charge in [0.1, 0.15) is 5.65 Å². The van der Waals surface area contributed by atoms with E-state index in [9.17, 15) is 0 Å². The average Bonchev–Trinajstić information content (AvgIpc) is 3.28. The summed E-state index contributed by atoms with van der Waals surface area (Å²) in [6.45, 7) is 9.07. The van der Waals surface area contributed by atoms with Crippen molar-refractivity contribution < 1.29 is 0 Å². The van der Waals surface area contributed by atoms with E-state index in [-0.39, 0.29) is 0 Å². The van der Waals surface area contributed by atoms with Gasteiger partial charge >= 0.3 is 0 Å². The lowest BCUT2D eigenvalue weighted by molar-refractivity contribution is 0.837. The summed E-state index contributed by atoms with van der Waals surface area (Å²) in [6, 6.07) is 21.9. The summed E-state index contributed by atoms with van der Waals surface area (Å²) in [5.74, 6) is 0.849. The predicted octanol–water partition coefficient (Wildman–Crippen LogP) is 8.10. The third kappa shape index (κ3) is 3.03. The van der Waals surface area contributed by atoms with Crippen LogP contribution in [0.4, 0.5) is 0 Å². The molecule has 0 bridgehead atoms. The van der Waals surface area contributed by atoms with Crippen LogP contribution in [0.5, 0.6) is 0 Å². The molecule has 3 nitrogen and oxygen atoms in total. The molecule has 0 atom stereocenters. The number of imidazole rings is 1. The second-order valence-corrected chi connectivity index (χ2v) is 9.58. The van der Waals surface area contributed by atoms with Crippen molar-refractivity contribution in [2.24, 2.45) is 0 Å². The predicted molar refractivity (Wildman–Crippen MR) is 139 cm³/mol. The van der Waals surface area contributed by atoms with Crippen LogP contribution in [0.25, 0.3) is 49.4 Å². The Bertz CT molecular complexity index is 1650. The fourth-order valence-corrected chi connectivity index (χ4v) is 5.17. The Morgan fingerprint density at radius 1 is 0.727 bits per heavy atom. The SMILES string of the molecule is CC(C)c1cccc(C(C)C)c1-c1cn2c3cc4ccncc4cc3c3ccccc3c2n1. The molecule has 6 rings (SSSR count). The molecule has 0 amide bonds. The standard InChI is InChI=1S/C30H27N3/c1-18(2)22-10-7-11-23(19(3)4)29(22)27-17-33-28-15-20-12-13-31-16-21(20)14-26(28)24-8-5-6-9-25(24)30(33)32-27/h5-19H,1-4H3. The molecule has 0 saturated carbocycles. The van der Waals surface area contributed by atoms with Crippen LogP contribution in [-0.2, 0) is 0 Å². The number of hydrogen-bond donors (Lipinski definition) is 0. The number of hydrogen-bond acceptors (Lipinski definition) is 2. The first-order valence-electron chi connectivity index (χ1n) is 11.7. The van der Waals surface area contributed by atoms with Gasteiger partial charge in [-0.1, -0.05) is 70.2 Å². The molecule has 33 heavy (non-hydrogen) atoms. The van der Waals surface area contributed by atoms with E-state index in [0.717, 1.165) is 16.7 Å². The molecular weight excluding hydrogens is 402 g/mol. The zero-order valence-electron chi connectivity index (χ0n) is 19.5. The first-order valence-corrected chi connectivity index (χ1v) is 11.7. The van der Waals surface area contributed by atoms with Crippen LogP contribution in [0.3, 0.4) is 0 Å². The smallest absolute Gasteiger partial charge is 0.145 e. The van der Waals surface area contributed by atoms with Crippen LogP contribution in [0.1, 0.15) is 50.7 Å². The van der Waals surface area contributed by atoms with E-state index < -0.39 is 0 Å². The first kappa shape index (κ1) is 19.9. The molecule has 0 aliphatic heterocycles. The molecule has 0 saturated heterocycles. The molecule has 3 heterocycles. The molecule has 0 unspecified atom stereocenters. The van der Waals surface area contributed by atoms with E-state index in [1.165, 1.54) is 43.8 Å². The topological polar surface area (TPSA) is 30.2 Å². The molecule has 3 aromatic carbocycles. The zero-order valence-corrected chi connectivity index (χ0v) is 19.5. The number of benzene rings is 3. The quantitative estimate of drug-likeness (QED) is 0.210. The number of aromatic nitrogens is 3. The van der Waals surface area contributed by atoms with Gasteiger partial charge < -0.3 is 0 Å². The van der Waals surface area contributed by atoms with E-state index in [0.29, 0.717) is 11.8 Å². The van der Waals surface area contributed by atoms with Crippen molar-refractivity contribution >= 4 is 38.1 Å². The van der Waals surface area contributed by atoms with Crippen LogP contribution in [0.2, 0.25) is 0 Å². The maximum atomic E-state index is 5.28. The number of pyridine rings is 2. The Hall–Kier alpha value is -3.72. The fraction of sp³-hybridized carbons (Fsp3) is 0.200. The lowest BCUT2D eigenvalue weighted by Crippen LogP contribution is -1.99. The highest BCUT2D eigenvalue weighted by molar-refractivity contribution is 6.15. The molecular formula is C30H27N3. The van der Waals surface area contributed by atoms with Crippen molar-refractivity contribution in [1.29, 1.82) is 0 Å². The summed E-state index contributed by atoms with van der Waals surface area (Å²) >= 11 is 0. The van der Waals surface area contributed by atoms with Crippen LogP contribution >= 0.6 is 0 Å². The third-order valence-electron chi connectivity index (χ3n) is 6.81. The second kappa shape index (κ2) is 7.41. The number of fused-ring (bicyclic) bond motifs is 7. The van der Waals surface area contributed by atoms with Gasteiger partial charge in [0.05, 0.1) is 11.2 Å². The molecule has 3 heteroatoms. The Morgan fingerprint density at radius 2 is 1.45 bits per heavy atom. The Morgan fingerprint density at radius 3 is 2.18 bits per heavy atom. The van der Waals surface area contributed by atoms with Gasteiger partial charge in [0, 0.05) is 40.3 Å². The van der Waals surface area contributed by atoms with E-state index in [4.69, 9.17) is 4.98 Å². The van der Waals surface area contributed by atoms with Gasteiger partial charge in [-0.15, -0.1) is 0 Å². The minimum absolute atomic E-state index is 0.424. The number of rotatable bonds is 3. The fourth-order valence-electron chi connectivity index (χ4n) is 5.17. The highest BCUT2D eigenvalue weighted by Crippen LogP contribution is 2.38. The van der Waals surface area contributed by atoms with Gasteiger partial charge in [0.2, 0.25) is 0 Å². The van der Waals surface area contributed by atoms with Crippen molar-refractivity contribution in [1.82, 2.24) is 14.4 Å². The molecule has 6 aromatic rings.